The smallest absolute Gasteiger partial charge is 0.126 e. The topological polar surface area (TPSA) is 38.9 Å². The van der Waals surface area contributed by atoms with Crippen molar-refractivity contribution in [3.63, 3.8) is 0 Å². The van der Waals surface area contributed by atoms with Gasteiger partial charge in [0.25, 0.3) is 0 Å². The second kappa shape index (κ2) is 4.45. The van der Waals surface area contributed by atoms with Crippen molar-refractivity contribution >= 4 is 17.2 Å². The van der Waals surface area contributed by atoms with E-state index in [4.69, 9.17) is 5.73 Å². The molecule has 2 N–H and O–H groups in total. The first kappa shape index (κ1) is 10.2. The zero-order valence-corrected chi connectivity index (χ0v) is 9.55. The second-order valence-corrected chi connectivity index (χ2v) is 4.67. The Morgan fingerprint density at radius 2 is 2.27 bits per heavy atom. The van der Waals surface area contributed by atoms with Gasteiger partial charge in [0, 0.05) is 11.1 Å². The summed E-state index contributed by atoms with van der Waals surface area (Å²) in [5.41, 5.74) is 8.15. The molecular formula is C12H14N2S. The molecule has 2 nitrogen and oxygen atoms in total. The third-order valence-electron chi connectivity index (χ3n) is 2.36. The van der Waals surface area contributed by atoms with E-state index in [9.17, 15) is 0 Å². The van der Waals surface area contributed by atoms with Gasteiger partial charge in [-0.1, -0.05) is 12.1 Å². The summed E-state index contributed by atoms with van der Waals surface area (Å²) in [7, 11) is 0. The van der Waals surface area contributed by atoms with Gasteiger partial charge in [0.05, 0.1) is 0 Å². The summed E-state index contributed by atoms with van der Waals surface area (Å²) in [5.74, 6) is 0.664. The Morgan fingerprint density at radius 3 is 3.00 bits per heavy atom. The first-order valence-electron chi connectivity index (χ1n) is 4.99. The molecule has 0 aliphatic heterocycles. The van der Waals surface area contributed by atoms with Crippen molar-refractivity contribution in [2.45, 2.75) is 19.8 Å². The van der Waals surface area contributed by atoms with Crippen molar-refractivity contribution in [3.05, 3.63) is 45.8 Å². The van der Waals surface area contributed by atoms with Gasteiger partial charge in [0.1, 0.15) is 5.82 Å². The minimum Gasteiger partial charge on any atom is -0.383 e. The summed E-state index contributed by atoms with van der Waals surface area (Å²) in [4.78, 5) is 5.56. The molecule has 0 aromatic carbocycles. The maximum Gasteiger partial charge on any atom is 0.126 e. The van der Waals surface area contributed by atoms with Crippen molar-refractivity contribution in [2.24, 2.45) is 0 Å². The predicted molar refractivity (Wildman–Crippen MR) is 65.1 cm³/mol. The van der Waals surface area contributed by atoms with Crippen molar-refractivity contribution < 1.29 is 0 Å². The van der Waals surface area contributed by atoms with E-state index in [-0.39, 0.29) is 0 Å². The molecule has 0 radical (unpaired) electrons. The van der Waals surface area contributed by atoms with Gasteiger partial charge in [-0.3, -0.25) is 0 Å². The monoisotopic (exact) mass is 218 g/mol. The van der Waals surface area contributed by atoms with Crippen LogP contribution >= 0.6 is 11.3 Å². The Labute approximate surface area is 93.8 Å². The molecule has 2 heterocycles. The van der Waals surface area contributed by atoms with Crippen LogP contribution in [0.1, 0.15) is 16.0 Å². The van der Waals surface area contributed by atoms with Gasteiger partial charge < -0.3 is 5.73 Å². The van der Waals surface area contributed by atoms with Gasteiger partial charge in [-0.05, 0) is 42.3 Å². The number of hydrogen-bond donors (Lipinski definition) is 1. The highest BCUT2D eigenvalue weighted by Gasteiger charge is 2.02. The van der Waals surface area contributed by atoms with Crippen molar-refractivity contribution in [1.29, 1.82) is 0 Å². The molecule has 78 valence electrons. The number of pyridine rings is 1. The minimum absolute atomic E-state index is 0.664. The fourth-order valence-corrected chi connectivity index (χ4v) is 2.26. The Kier molecular flexibility index (Phi) is 3.02. The first-order valence-corrected chi connectivity index (χ1v) is 5.87. The van der Waals surface area contributed by atoms with Crippen LogP contribution in [0.5, 0.6) is 0 Å². The highest BCUT2D eigenvalue weighted by atomic mass is 32.1. The summed E-state index contributed by atoms with van der Waals surface area (Å²) in [6, 6.07) is 6.36. The van der Waals surface area contributed by atoms with Crippen LogP contribution in [0.25, 0.3) is 0 Å². The number of aryl methyl sites for hydroxylation is 3. The van der Waals surface area contributed by atoms with E-state index in [1.165, 1.54) is 10.4 Å². The van der Waals surface area contributed by atoms with Crippen LogP contribution in [0.4, 0.5) is 5.82 Å². The van der Waals surface area contributed by atoms with E-state index in [1.807, 2.05) is 13.1 Å². The Bertz CT molecular complexity index is 435. The highest BCUT2D eigenvalue weighted by Crippen LogP contribution is 2.16. The summed E-state index contributed by atoms with van der Waals surface area (Å²) < 4.78 is 0. The van der Waals surface area contributed by atoms with E-state index in [2.05, 4.69) is 28.6 Å². The number of hydrogen-bond acceptors (Lipinski definition) is 3. The molecule has 15 heavy (non-hydrogen) atoms. The molecule has 0 aliphatic rings. The number of anilines is 1. The summed E-state index contributed by atoms with van der Waals surface area (Å²) >= 11 is 1.79. The lowest BCUT2D eigenvalue weighted by molar-refractivity contribution is 0.969. The SMILES string of the molecule is Cc1cnc(N)c(CCc2cccs2)c1. The Balaban J connectivity index is 2.07. The zero-order chi connectivity index (χ0) is 10.7. The normalized spacial score (nSPS) is 10.5. The van der Waals surface area contributed by atoms with Crippen molar-refractivity contribution in [1.82, 2.24) is 4.98 Å². The molecule has 3 heteroatoms. The zero-order valence-electron chi connectivity index (χ0n) is 8.73. The van der Waals surface area contributed by atoms with Crippen LogP contribution in [0, 0.1) is 6.92 Å². The average molecular weight is 218 g/mol. The molecule has 0 atom stereocenters. The van der Waals surface area contributed by atoms with Crippen molar-refractivity contribution in [3.8, 4) is 0 Å². The lowest BCUT2D eigenvalue weighted by atomic mass is 10.1. The van der Waals surface area contributed by atoms with Crippen LogP contribution in [0.15, 0.2) is 29.8 Å². The molecule has 0 aliphatic carbocycles. The quantitative estimate of drug-likeness (QED) is 0.860. The third-order valence-corrected chi connectivity index (χ3v) is 3.30. The predicted octanol–water partition coefficient (Wildman–Crippen LogP) is 2.82. The molecule has 0 fully saturated rings. The minimum atomic E-state index is 0.664. The number of thiophene rings is 1. The molecule has 2 rings (SSSR count). The molecule has 0 saturated carbocycles. The van der Waals surface area contributed by atoms with E-state index in [0.717, 1.165) is 18.4 Å². The second-order valence-electron chi connectivity index (χ2n) is 3.64. The third kappa shape index (κ3) is 2.57. The Hall–Kier alpha value is -1.35. The maximum atomic E-state index is 5.82. The van der Waals surface area contributed by atoms with Crippen molar-refractivity contribution in [2.75, 3.05) is 5.73 Å². The van der Waals surface area contributed by atoms with Crippen LogP contribution in [-0.4, -0.2) is 4.98 Å². The van der Waals surface area contributed by atoms with Gasteiger partial charge in [0.2, 0.25) is 0 Å². The number of nitrogen functional groups attached to an aromatic ring is 1. The summed E-state index contributed by atoms with van der Waals surface area (Å²) in [5, 5.41) is 2.10. The van der Waals surface area contributed by atoms with Gasteiger partial charge in [-0.15, -0.1) is 11.3 Å². The van der Waals surface area contributed by atoms with E-state index in [0.29, 0.717) is 5.82 Å². The van der Waals surface area contributed by atoms with Gasteiger partial charge in [0.15, 0.2) is 0 Å². The maximum absolute atomic E-state index is 5.82. The number of nitrogens with zero attached hydrogens (tertiary/aromatic N) is 1. The van der Waals surface area contributed by atoms with Gasteiger partial charge in [-0.2, -0.15) is 0 Å². The summed E-state index contributed by atoms with van der Waals surface area (Å²) in [6.45, 7) is 2.04. The number of nitrogens with two attached hydrogens (primary N) is 1. The lowest BCUT2D eigenvalue weighted by Crippen LogP contribution is -1.99. The molecule has 2 aromatic rings. The summed E-state index contributed by atoms with van der Waals surface area (Å²) in [6.07, 6.45) is 3.83. The number of aromatic nitrogens is 1. The van der Waals surface area contributed by atoms with Crippen LogP contribution in [0.2, 0.25) is 0 Å². The number of rotatable bonds is 3. The Morgan fingerprint density at radius 1 is 1.40 bits per heavy atom. The van der Waals surface area contributed by atoms with Gasteiger partial charge in [-0.25, -0.2) is 4.98 Å². The van der Waals surface area contributed by atoms with E-state index in [1.54, 1.807) is 11.3 Å². The lowest BCUT2D eigenvalue weighted by Gasteiger charge is -2.04. The van der Waals surface area contributed by atoms with E-state index < -0.39 is 0 Å². The molecule has 0 spiro atoms. The van der Waals surface area contributed by atoms with Crippen LogP contribution in [0.3, 0.4) is 0 Å². The molecule has 0 saturated heterocycles. The highest BCUT2D eigenvalue weighted by molar-refractivity contribution is 7.09. The molecule has 2 aromatic heterocycles. The fourth-order valence-electron chi connectivity index (χ4n) is 1.55. The fraction of sp³-hybridized carbons (Fsp3) is 0.250. The van der Waals surface area contributed by atoms with Crippen LogP contribution in [-0.2, 0) is 12.8 Å². The standard InChI is InChI=1S/C12H14N2S/c1-9-7-10(12(13)14-8-9)4-5-11-3-2-6-15-11/h2-3,6-8H,4-5H2,1H3,(H2,13,14). The van der Waals surface area contributed by atoms with E-state index >= 15 is 0 Å². The average Bonchev–Trinajstić information content (AvgIpc) is 2.72. The molecular weight excluding hydrogens is 204 g/mol. The molecule has 0 unspecified atom stereocenters. The van der Waals surface area contributed by atoms with Crippen LogP contribution < -0.4 is 5.73 Å². The molecule has 0 bridgehead atoms. The molecule has 0 amide bonds. The largest absolute Gasteiger partial charge is 0.383 e. The first-order chi connectivity index (χ1) is 7.25. The van der Waals surface area contributed by atoms with Gasteiger partial charge >= 0.3 is 0 Å².